The zero-order valence-electron chi connectivity index (χ0n) is 30.5. The quantitative estimate of drug-likeness (QED) is 0.177. The van der Waals surface area contributed by atoms with Crippen LogP contribution in [-0.2, 0) is 0 Å². The molecule has 0 saturated carbocycles. The minimum Gasteiger partial charge on any atom is -0.294 e. The number of benzene rings is 7. The Morgan fingerprint density at radius 1 is 0.281 bits per heavy atom. The molecule has 0 saturated heterocycles. The van der Waals surface area contributed by atoms with Crippen LogP contribution in [-0.4, -0.2) is 33.6 Å². The third kappa shape index (κ3) is 4.79. The molecule has 0 spiro atoms. The predicted molar refractivity (Wildman–Crippen MR) is 232 cm³/mol. The van der Waals surface area contributed by atoms with Crippen LogP contribution in [0, 0.1) is 0 Å². The lowest BCUT2D eigenvalue weighted by molar-refractivity contribution is 0.953. The number of para-hydroxylation sites is 4. The van der Waals surface area contributed by atoms with Crippen LogP contribution in [0.4, 0.5) is 0 Å². The van der Waals surface area contributed by atoms with Crippen LogP contribution >= 0.6 is 0 Å². The van der Waals surface area contributed by atoms with E-state index in [1.165, 1.54) is 5.39 Å². The number of aromatic nitrogens is 7. The molecule has 266 valence electrons. The predicted octanol–water partition coefficient (Wildman–Crippen LogP) is 11.9. The van der Waals surface area contributed by atoms with Gasteiger partial charge in [-0.25, -0.2) is 9.97 Å². The van der Waals surface area contributed by atoms with Crippen molar-refractivity contribution in [3.63, 3.8) is 0 Å². The summed E-state index contributed by atoms with van der Waals surface area (Å²) in [4.78, 5) is 20.8. The molecule has 5 aromatic heterocycles. The molecule has 0 radical (unpaired) electrons. The Labute approximate surface area is 326 Å². The SMILES string of the molecule is c1ccc(-c2nc(-c3ccccc3)nc(-n3c4ccccc4c4cc(-n5c6ccccc6c6cc7c8ccccc8n(-c8ccccc8)c7nc65)ccc43)n2)cc1. The molecule has 12 rings (SSSR count). The van der Waals surface area contributed by atoms with Crippen molar-refractivity contribution in [3.05, 3.63) is 188 Å². The number of pyridine rings is 1. The van der Waals surface area contributed by atoms with Crippen molar-refractivity contribution in [2.24, 2.45) is 0 Å². The minimum absolute atomic E-state index is 0.566. The molecule has 12 aromatic rings. The molecule has 0 unspecified atom stereocenters. The van der Waals surface area contributed by atoms with Gasteiger partial charge in [0.25, 0.3) is 0 Å². The van der Waals surface area contributed by atoms with Crippen LogP contribution in [0.3, 0.4) is 0 Å². The second kappa shape index (κ2) is 12.3. The Kier molecular flexibility index (Phi) is 6.79. The standard InChI is InChI=1S/C50H31N7/c1-4-16-32(17-5-1)46-51-47(33-18-6-2-7-19-33)53-50(52-46)57-44-27-15-10-22-36(44)39-30-35(28-29-45(39)57)56-43-26-14-12-24-38(43)41-31-40-37-23-11-13-25-42(37)55(48(40)54-49(41)56)34-20-8-3-9-21-34/h1-31H. The highest BCUT2D eigenvalue weighted by atomic mass is 15.2. The van der Waals surface area contributed by atoms with Gasteiger partial charge in [0.1, 0.15) is 11.3 Å². The van der Waals surface area contributed by atoms with E-state index >= 15 is 0 Å². The summed E-state index contributed by atoms with van der Waals surface area (Å²) < 4.78 is 6.76. The number of hydrogen-bond donors (Lipinski definition) is 0. The van der Waals surface area contributed by atoms with Gasteiger partial charge in [-0.15, -0.1) is 0 Å². The highest BCUT2D eigenvalue weighted by Crippen LogP contribution is 2.39. The van der Waals surface area contributed by atoms with Gasteiger partial charge >= 0.3 is 0 Å². The Balaban J connectivity index is 1.12. The molecule has 7 nitrogen and oxygen atoms in total. The minimum atomic E-state index is 0.566. The lowest BCUT2D eigenvalue weighted by Gasteiger charge is -2.11. The first-order valence-electron chi connectivity index (χ1n) is 19.1. The molecular weight excluding hydrogens is 699 g/mol. The maximum Gasteiger partial charge on any atom is 0.238 e. The summed E-state index contributed by atoms with van der Waals surface area (Å²) >= 11 is 0. The number of rotatable bonds is 5. The average Bonchev–Trinajstić information content (AvgIpc) is 3.91. The van der Waals surface area contributed by atoms with Gasteiger partial charge in [0.2, 0.25) is 5.95 Å². The Morgan fingerprint density at radius 2 is 0.719 bits per heavy atom. The second-order valence-corrected chi connectivity index (χ2v) is 14.3. The number of hydrogen-bond acceptors (Lipinski definition) is 4. The van der Waals surface area contributed by atoms with Crippen LogP contribution in [0.1, 0.15) is 0 Å². The van der Waals surface area contributed by atoms with E-state index in [0.717, 1.165) is 82.8 Å². The summed E-state index contributed by atoms with van der Waals surface area (Å²) in [5.41, 5.74) is 10.1. The Hall–Kier alpha value is -7.90. The molecule has 7 heteroatoms. The van der Waals surface area contributed by atoms with Crippen LogP contribution in [0.2, 0.25) is 0 Å². The number of nitrogens with zero attached hydrogens (tertiary/aromatic N) is 7. The molecule has 0 N–H and O–H groups in total. The summed E-state index contributed by atoms with van der Waals surface area (Å²) in [6, 6.07) is 65.5. The van der Waals surface area contributed by atoms with E-state index in [-0.39, 0.29) is 0 Å². The first-order chi connectivity index (χ1) is 28.3. The molecule has 0 atom stereocenters. The van der Waals surface area contributed by atoms with Crippen molar-refractivity contribution < 1.29 is 0 Å². The van der Waals surface area contributed by atoms with E-state index in [9.17, 15) is 0 Å². The van der Waals surface area contributed by atoms with Crippen LogP contribution < -0.4 is 0 Å². The summed E-state index contributed by atoms with van der Waals surface area (Å²) in [5, 5.41) is 6.79. The molecule has 57 heavy (non-hydrogen) atoms. The summed E-state index contributed by atoms with van der Waals surface area (Å²) in [5.74, 6) is 1.81. The lowest BCUT2D eigenvalue weighted by Crippen LogP contribution is -2.06. The molecule has 7 aromatic carbocycles. The van der Waals surface area contributed by atoms with Gasteiger partial charge in [0.15, 0.2) is 11.6 Å². The first kappa shape index (κ1) is 31.5. The fourth-order valence-corrected chi connectivity index (χ4v) is 8.57. The second-order valence-electron chi connectivity index (χ2n) is 14.3. The fraction of sp³-hybridized carbons (Fsp3) is 0. The monoisotopic (exact) mass is 729 g/mol. The van der Waals surface area contributed by atoms with Gasteiger partial charge < -0.3 is 0 Å². The summed E-state index contributed by atoms with van der Waals surface area (Å²) in [6.45, 7) is 0. The highest BCUT2D eigenvalue weighted by Gasteiger charge is 2.22. The van der Waals surface area contributed by atoms with Gasteiger partial charge in [0.05, 0.1) is 22.1 Å². The third-order valence-corrected chi connectivity index (χ3v) is 11.1. The average molecular weight is 730 g/mol. The first-order valence-corrected chi connectivity index (χ1v) is 19.1. The van der Waals surface area contributed by atoms with Crippen molar-refractivity contribution in [1.29, 1.82) is 0 Å². The van der Waals surface area contributed by atoms with Crippen LogP contribution in [0.25, 0.3) is 106 Å². The molecule has 0 aliphatic rings. The highest BCUT2D eigenvalue weighted by molar-refractivity contribution is 6.17. The molecule has 0 aliphatic carbocycles. The Bertz CT molecular complexity index is 3450. The largest absolute Gasteiger partial charge is 0.294 e. The van der Waals surface area contributed by atoms with Crippen molar-refractivity contribution in [3.8, 4) is 40.1 Å². The zero-order valence-corrected chi connectivity index (χ0v) is 30.5. The summed E-state index contributed by atoms with van der Waals surface area (Å²) in [6.07, 6.45) is 0. The van der Waals surface area contributed by atoms with Crippen molar-refractivity contribution in [1.82, 2.24) is 33.6 Å². The van der Waals surface area contributed by atoms with Gasteiger partial charge in [-0.05, 0) is 54.6 Å². The molecule has 0 aliphatic heterocycles. The fourth-order valence-electron chi connectivity index (χ4n) is 8.57. The third-order valence-electron chi connectivity index (χ3n) is 11.1. The van der Waals surface area contributed by atoms with E-state index < -0.39 is 0 Å². The normalized spacial score (nSPS) is 11.9. The van der Waals surface area contributed by atoms with Gasteiger partial charge in [-0.2, -0.15) is 9.97 Å². The van der Waals surface area contributed by atoms with E-state index in [0.29, 0.717) is 17.6 Å². The Morgan fingerprint density at radius 3 is 1.28 bits per heavy atom. The maximum atomic E-state index is 5.57. The molecular formula is C50H31N7. The van der Waals surface area contributed by atoms with Gasteiger partial charge in [-0.3, -0.25) is 13.7 Å². The van der Waals surface area contributed by atoms with E-state index in [4.69, 9.17) is 19.9 Å². The maximum absolute atomic E-state index is 5.57. The molecule has 0 fully saturated rings. The smallest absolute Gasteiger partial charge is 0.238 e. The molecule has 5 heterocycles. The van der Waals surface area contributed by atoms with Crippen LogP contribution in [0.15, 0.2) is 188 Å². The van der Waals surface area contributed by atoms with Crippen molar-refractivity contribution in [2.75, 3.05) is 0 Å². The lowest BCUT2D eigenvalue weighted by atomic mass is 10.1. The van der Waals surface area contributed by atoms with Crippen molar-refractivity contribution >= 4 is 65.7 Å². The summed E-state index contributed by atoms with van der Waals surface area (Å²) in [7, 11) is 0. The van der Waals surface area contributed by atoms with E-state index in [1.54, 1.807) is 0 Å². The van der Waals surface area contributed by atoms with Crippen molar-refractivity contribution in [2.45, 2.75) is 0 Å². The van der Waals surface area contributed by atoms with E-state index in [2.05, 4.69) is 141 Å². The topological polar surface area (TPSA) is 66.3 Å². The van der Waals surface area contributed by atoms with Gasteiger partial charge in [-0.1, -0.05) is 133 Å². The van der Waals surface area contributed by atoms with E-state index in [1.807, 2.05) is 60.7 Å². The molecule has 0 amide bonds. The van der Waals surface area contributed by atoms with Gasteiger partial charge in [0, 0.05) is 54.8 Å². The number of fused-ring (bicyclic) bond motifs is 9. The zero-order chi connectivity index (χ0) is 37.5. The van der Waals surface area contributed by atoms with Crippen LogP contribution in [0.5, 0.6) is 0 Å². The molecule has 0 bridgehead atoms.